The molecule has 0 spiro atoms. The quantitative estimate of drug-likeness (QED) is 0.665. The van der Waals surface area contributed by atoms with Gasteiger partial charge in [-0.1, -0.05) is 13.8 Å². The van der Waals surface area contributed by atoms with Gasteiger partial charge in [-0.2, -0.15) is 0 Å². The smallest absolute Gasteiger partial charge is 0.193 e. The van der Waals surface area contributed by atoms with Crippen LogP contribution < -0.4 is 5.32 Å². The average Bonchev–Trinajstić information content (AvgIpc) is 3.27. The Morgan fingerprint density at radius 2 is 2.25 bits per heavy atom. The van der Waals surface area contributed by atoms with Crippen molar-refractivity contribution in [3.63, 3.8) is 0 Å². The van der Waals surface area contributed by atoms with Gasteiger partial charge in [-0.3, -0.25) is 4.99 Å². The third-order valence-electron chi connectivity index (χ3n) is 5.39. The van der Waals surface area contributed by atoms with Gasteiger partial charge in [0.2, 0.25) is 0 Å². The molecule has 3 rings (SSSR count). The lowest BCUT2D eigenvalue weighted by Gasteiger charge is -2.37. The molecule has 24 heavy (non-hydrogen) atoms. The van der Waals surface area contributed by atoms with Crippen LogP contribution in [0.4, 0.5) is 0 Å². The van der Waals surface area contributed by atoms with E-state index in [4.69, 9.17) is 14.1 Å². The highest BCUT2D eigenvalue weighted by molar-refractivity contribution is 5.80. The van der Waals surface area contributed by atoms with Crippen LogP contribution in [0, 0.1) is 17.8 Å². The van der Waals surface area contributed by atoms with Crippen LogP contribution in [-0.2, 0) is 11.2 Å². The van der Waals surface area contributed by atoms with Crippen molar-refractivity contribution in [3.05, 3.63) is 24.2 Å². The van der Waals surface area contributed by atoms with Gasteiger partial charge in [-0.05, 0) is 36.8 Å². The molecule has 0 aromatic carbocycles. The molecule has 5 heteroatoms. The molecule has 3 heterocycles. The highest BCUT2D eigenvalue weighted by atomic mass is 16.5. The van der Waals surface area contributed by atoms with E-state index in [1.807, 2.05) is 12.1 Å². The first-order chi connectivity index (χ1) is 11.7. The first kappa shape index (κ1) is 17.3. The van der Waals surface area contributed by atoms with Gasteiger partial charge in [-0.25, -0.2) is 0 Å². The fourth-order valence-corrected chi connectivity index (χ4v) is 3.42. The van der Waals surface area contributed by atoms with Crippen LogP contribution >= 0.6 is 0 Å². The number of aliphatic imine (C=N–C) groups is 1. The van der Waals surface area contributed by atoms with Crippen LogP contribution in [-0.4, -0.2) is 50.3 Å². The first-order valence-corrected chi connectivity index (χ1v) is 9.35. The summed E-state index contributed by atoms with van der Waals surface area (Å²) in [5, 5.41) is 3.56. The summed E-state index contributed by atoms with van der Waals surface area (Å²) in [6.45, 7) is 10.4. The summed E-state index contributed by atoms with van der Waals surface area (Å²) >= 11 is 0. The molecule has 2 aliphatic rings. The molecule has 2 saturated heterocycles. The van der Waals surface area contributed by atoms with Crippen molar-refractivity contribution in [2.75, 3.05) is 39.4 Å². The molecule has 2 fully saturated rings. The van der Waals surface area contributed by atoms with E-state index in [-0.39, 0.29) is 0 Å². The summed E-state index contributed by atoms with van der Waals surface area (Å²) < 4.78 is 10.9. The summed E-state index contributed by atoms with van der Waals surface area (Å²) in [7, 11) is 0. The van der Waals surface area contributed by atoms with Crippen LogP contribution in [0.3, 0.4) is 0 Å². The van der Waals surface area contributed by atoms with Crippen molar-refractivity contribution in [2.45, 2.75) is 33.1 Å². The molecule has 1 aromatic heterocycles. The zero-order valence-corrected chi connectivity index (χ0v) is 15.0. The average molecular weight is 333 g/mol. The summed E-state index contributed by atoms with van der Waals surface area (Å²) in [6, 6.07) is 3.97. The highest BCUT2D eigenvalue weighted by Crippen LogP contribution is 2.22. The molecule has 1 N–H and O–H groups in total. The Morgan fingerprint density at radius 3 is 2.96 bits per heavy atom. The van der Waals surface area contributed by atoms with Gasteiger partial charge in [0, 0.05) is 45.1 Å². The molecule has 0 radical (unpaired) electrons. The van der Waals surface area contributed by atoms with Crippen LogP contribution in [0.25, 0.3) is 0 Å². The number of piperidine rings is 1. The number of guanidine groups is 1. The minimum atomic E-state index is 0.577. The lowest BCUT2D eigenvalue weighted by molar-refractivity contribution is 0.186. The molecule has 1 aromatic rings. The maximum atomic E-state index is 5.48. The Morgan fingerprint density at radius 1 is 1.33 bits per heavy atom. The SMILES string of the molecule is CC1CCN(C(=NCC2CCOC2)NCCc2ccco2)CC1C. The fourth-order valence-electron chi connectivity index (χ4n) is 3.42. The maximum absolute atomic E-state index is 5.48. The Bertz CT molecular complexity index is 509. The van der Waals surface area contributed by atoms with Crippen LogP contribution in [0.5, 0.6) is 0 Å². The van der Waals surface area contributed by atoms with Gasteiger partial charge in [0.1, 0.15) is 5.76 Å². The Hall–Kier alpha value is -1.49. The maximum Gasteiger partial charge on any atom is 0.193 e. The second-order valence-electron chi connectivity index (χ2n) is 7.34. The second kappa shape index (κ2) is 8.56. The van der Waals surface area contributed by atoms with E-state index in [0.29, 0.717) is 11.8 Å². The molecule has 3 atom stereocenters. The molecular formula is C19H31N3O2. The van der Waals surface area contributed by atoms with Gasteiger partial charge in [0.15, 0.2) is 5.96 Å². The van der Waals surface area contributed by atoms with Crippen molar-refractivity contribution in [1.29, 1.82) is 0 Å². The Balaban J connectivity index is 1.57. The largest absolute Gasteiger partial charge is 0.469 e. The van der Waals surface area contributed by atoms with Gasteiger partial charge < -0.3 is 19.4 Å². The zero-order chi connectivity index (χ0) is 16.8. The second-order valence-corrected chi connectivity index (χ2v) is 7.34. The van der Waals surface area contributed by atoms with Crippen molar-refractivity contribution in [1.82, 2.24) is 10.2 Å². The fraction of sp³-hybridized carbons (Fsp3) is 0.737. The van der Waals surface area contributed by atoms with E-state index in [1.165, 1.54) is 6.42 Å². The van der Waals surface area contributed by atoms with Crippen molar-refractivity contribution in [2.24, 2.45) is 22.7 Å². The summed E-state index contributed by atoms with van der Waals surface area (Å²) in [5.41, 5.74) is 0. The van der Waals surface area contributed by atoms with Crippen molar-refractivity contribution >= 4 is 5.96 Å². The van der Waals surface area contributed by atoms with Crippen LogP contribution in [0.1, 0.15) is 32.4 Å². The topological polar surface area (TPSA) is 50.0 Å². The predicted molar refractivity (Wildman–Crippen MR) is 96.2 cm³/mol. The number of furan rings is 1. The molecular weight excluding hydrogens is 302 g/mol. The minimum absolute atomic E-state index is 0.577. The number of nitrogens with one attached hydrogen (secondary N) is 1. The molecule has 5 nitrogen and oxygen atoms in total. The number of rotatable bonds is 5. The van der Waals surface area contributed by atoms with Gasteiger partial charge >= 0.3 is 0 Å². The summed E-state index contributed by atoms with van der Waals surface area (Å²) in [5.74, 6) is 4.17. The number of nitrogens with zero attached hydrogens (tertiary/aromatic N) is 2. The normalized spacial score (nSPS) is 28.3. The van der Waals surface area contributed by atoms with Crippen molar-refractivity contribution in [3.8, 4) is 0 Å². The van der Waals surface area contributed by atoms with Crippen LogP contribution in [0.15, 0.2) is 27.8 Å². The molecule has 134 valence electrons. The van der Waals surface area contributed by atoms with E-state index in [0.717, 1.165) is 69.9 Å². The zero-order valence-electron chi connectivity index (χ0n) is 15.0. The molecule has 0 bridgehead atoms. The molecule has 0 saturated carbocycles. The third-order valence-corrected chi connectivity index (χ3v) is 5.39. The molecule has 0 aliphatic carbocycles. The van der Waals surface area contributed by atoms with E-state index < -0.39 is 0 Å². The minimum Gasteiger partial charge on any atom is -0.469 e. The van der Waals surface area contributed by atoms with E-state index in [9.17, 15) is 0 Å². The standard InChI is InChI=1S/C19H31N3O2/c1-15-6-9-22(13-16(15)2)19(21-12-17-7-11-23-14-17)20-8-5-18-4-3-10-24-18/h3-4,10,15-17H,5-9,11-14H2,1-2H3,(H,20,21). The van der Waals surface area contributed by atoms with Gasteiger partial charge in [-0.15, -0.1) is 0 Å². The summed E-state index contributed by atoms with van der Waals surface area (Å²) in [4.78, 5) is 7.36. The number of hydrogen-bond acceptors (Lipinski definition) is 3. The monoisotopic (exact) mass is 333 g/mol. The number of likely N-dealkylation sites (tertiary alicyclic amines) is 1. The van der Waals surface area contributed by atoms with E-state index >= 15 is 0 Å². The Kier molecular flexibility index (Phi) is 6.18. The van der Waals surface area contributed by atoms with Crippen LogP contribution in [0.2, 0.25) is 0 Å². The third kappa shape index (κ3) is 4.76. The van der Waals surface area contributed by atoms with Crippen molar-refractivity contribution < 1.29 is 9.15 Å². The number of hydrogen-bond donors (Lipinski definition) is 1. The molecule has 2 aliphatic heterocycles. The Labute approximate surface area is 145 Å². The van der Waals surface area contributed by atoms with E-state index in [2.05, 4.69) is 24.1 Å². The molecule has 3 unspecified atom stereocenters. The van der Waals surface area contributed by atoms with E-state index in [1.54, 1.807) is 6.26 Å². The van der Waals surface area contributed by atoms with Gasteiger partial charge in [0.05, 0.1) is 12.9 Å². The summed E-state index contributed by atoms with van der Waals surface area (Å²) in [6.07, 6.45) is 5.00. The first-order valence-electron chi connectivity index (χ1n) is 9.35. The predicted octanol–water partition coefficient (Wildman–Crippen LogP) is 2.78. The van der Waals surface area contributed by atoms with Gasteiger partial charge in [0.25, 0.3) is 0 Å². The lowest BCUT2D eigenvalue weighted by Crippen LogP contribution is -2.48. The number of ether oxygens (including phenoxy) is 1. The lowest BCUT2D eigenvalue weighted by atomic mass is 9.89. The highest BCUT2D eigenvalue weighted by Gasteiger charge is 2.25. The molecule has 0 amide bonds.